The summed E-state index contributed by atoms with van der Waals surface area (Å²) < 4.78 is 11.0. The third-order valence-corrected chi connectivity index (χ3v) is 4.38. The Morgan fingerprint density at radius 1 is 1.24 bits per heavy atom. The number of benzene rings is 1. The highest BCUT2D eigenvalue weighted by atomic mass is 16.5. The van der Waals surface area contributed by atoms with Crippen molar-refractivity contribution in [2.75, 3.05) is 26.4 Å². The van der Waals surface area contributed by atoms with Gasteiger partial charge in [0.05, 0.1) is 0 Å². The summed E-state index contributed by atoms with van der Waals surface area (Å²) in [4.78, 5) is 0. The van der Waals surface area contributed by atoms with E-state index >= 15 is 0 Å². The predicted octanol–water partition coefficient (Wildman–Crippen LogP) is 1.68. The zero-order valence-electron chi connectivity index (χ0n) is 12.5. The number of hydrogen-bond donors (Lipinski definition) is 2. The molecule has 4 heteroatoms. The molecule has 21 heavy (non-hydrogen) atoms. The number of aliphatic hydroxyl groups is 1. The van der Waals surface area contributed by atoms with E-state index in [1.807, 2.05) is 6.07 Å². The largest absolute Gasteiger partial charge is 0.491 e. The van der Waals surface area contributed by atoms with E-state index in [9.17, 15) is 5.11 Å². The lowest BCUT2D eigenvalue weighted by molar-refractivity contribution is 0.0655. The van der Waals surface area contributed by atoms with Gasteiger partial charge in [0.15, 0.2) is 0 Å². The summed E-state index contributed by atoms with van der Waals surface area (Å²) >= 11 is 0. The molecule has 1 aliphatic carbocycles. The van der Waals surface area contributed by atoms with Crippen molar-refractivity contribution in [3.8, 4) is 5.75 Å². The maximum Gasteiger partial charge on any atom is 0.119 e. The highest BCUT2D eigenvalue weighted by Crippen LogP contribution is 2.26. The first-order valence-electron chi connectivity index (χ1n) is 8.05. The van der Waals surface area contributed by atoms with E-state index in [2.05, 4.69) is 17.4 Å². The van der Waals surface area contributed by atoms with Crippen LogP contribution in [-0.2, 0) is 17.6 Å². The Morgan fingerprint density at radius 2 is 2.05 bits per heavy atom. The summed E-state index contributed by atoms with van der Waals surface area (Å²) in [7, 11) is 0. The second-order valence-corrected chi connectivity index (χ2v) is 6.04. The van der Waals surface area contributed by atoms with Crippen LogP contribution >= 0.6 is 0 Å². The Hall–Kier alpha value is -1.10. The molecule has 0 spiro atoms. The normalized spacial score (nSPS) is 20.2. The Balaban J connectivity index is 1.40. The first-order valence-corrected chi connectivity index (χ1v) is 8.05. The highest BCUT2D eigenvalue weighted by molar-refractivity contribution is 5.38. The lowest BCUT2D eigenvalue weighted by Crippen LogP contribution is -2.40. The highest BCUT2D eigenvalue weighted by Gasteiger charge is 2.15. The zero-order chi connectivity index (χ0) is 14.5. The molecule has 1 fully saturated rings. The Labute approximate surface area is 126 Å². The summed E-state index contributed by atoms with van der Waals surface area (Å²) in [5.41, 5.74) is 2.85. The van der Waals surface area contributed by atoms with Crippen LogP contribution < -0.4 is 10.1 Å². The van der Waals surface area contributed by atoms with Crippen molar-refractivity contribution in [3.05, 3.63) is 29.3 Å². The van der Waals surface area contributed by atoms with Crippen LogP contribution in [0.5, 0.6) is 5.75 Å². The SMILES string of the molecule is OC(CNC1CCOCC1)COc1ccc2c(c1)CCC2. The molecule has 1 heterocycles. The van der Waals surface area contributed by atoms with Gasteiger partial charge in [0.1, 0.15) is 18.5 Å². The first-order chi connectivity index (χ1) is 10.3. The van der Waals surface area contributed by atoms with Crippen LogP contribution in [-0.4, -0.2) is 43.6 Å². The van der Waals surface area contributed by atoms with Crippen LogP contribution in [0.25, 0.3) is 0 Å². The number of hydrogen-bond acceptors (Lipinski definition) is 4. The Morgan fingerprint density at radius 3 is 2.90 bits per heavy atom. The molecule has 0 aromatic heterocycles. The van der Waals surface area contributed by atoms with Crippen molar-refractivity contribution in [2.24, 2.45) is 0 Å². The second kappa shape index (κ2) is 7.25. The van der Waals surface area contributed by atoms with Gasteiger partial charge in [0, 0.05) is 25.8 Å². The number of nitrogens with one attached hydrogen (secondary N) is 1. The van der Waals surface area contributed by atoms with Crippen LogP contribution in [0.2, 0.25) is 0 Å². The molecule has 0 bridgehead atoms. The fraction of sp³-hybridized carbons (Fsp3) is 0.647. The van der Waals surface area contributed by atoms with Gasteiger partial charge in [-0.3, -0.25) is 0 Å². The van der Waals surface area contributed by atoms with E-state index in [1.54, 1.807) is 0 Å². The smallest absolute Gasteiger partial charge is 0.119 e. The van der Waals surface area contributed by atoms with Gasteiger partial charge in [0.2, 0.25) is 0 Å². The van der Waals surface area contributed by atoms with E-state index in [-0.39, 0.29) is 0 Å². The van der Waals surface area contributed by atoms with Crippen LogP contribution in [0.1, 0.15) is 30.4 Å². The van der Waals surface area contributed by atoms with Crippen molar-refractivity contribution in [1.29, 1.82) is 0 Å². The number of rotatable bonds is 6. The van der Waals surface area contributed by atoms with Gasteiger partial charge in [-0.05, 0) is 55.4 Å². The second-order valence-electron chi connectivity index (χ2n) is 6.04. The molecule has 4 nitrogen and oxygen atoms in total. The van der Waals surface area contributed by atoms with E-state index < -0.39 is 6.10 Å². The molecule has 1 aliphatic heterocycles. The average molecular weight is 291 g/mol. The minimum absolute atomic E-state index is 0.342. The zero-order valence-corrected chi connectivity index (χ0v) is 12.5. The van der Waals surface area contributed by atoms with Gasteiger partial charge in [-0.15, -0.1) is 0 Å². The molecule has 0 radical (unpaired) electrons. The van der Waals surface area contributed by atoms with Gasteiger partial charge in [-0.1, -0.05) is 6.07 Å². The lowest BCUT2D eigenvalue weighted by atomic mass is 10.1. The molecule has 0 saturated carbocycles. The first kappa shape index (κ1) is 14.8. The maximum absolute atomic E-state index is 10.0. The van der Waals surface area contributed by atoms with Gasteiger partial charge in [-0.2, -0.15) is 0 Å². The maximum atomic E-state index is 10.0. The van der Waals surface area contributed by atoms with Crippen molar-refractivity contribution in [1.82, 2.24) is 5.32 Å². The molecular formula is C17H25NO3. The standard InChI is InChI=1S/C17H25NO3/c19-16(11-18-15-6-8-20-9-7-15)12-21-17-5-4-13-2-1-3-14(13)10-17/h4-5,10,15-16,18-19H,1-3,6-9,11-12H2. The fourth-order valence-corrected chi connectivity index (χ4v) is 3.09. The van der Waals surface area contributed by atoms with E-state index in [1.165, 1.54) is 24.0 Å². The molecule has 1 saturated heterocycles. The predicted molar refractivity (Wildman–Crippen MR) is 81.8 cm³/mol. The fourth-order valence-electron chi connectivity index (χ4n) is 3.09. The van der Waals surface area contributed by atoms with Crippen LogP contribution in [0.3, 0.4) is 0 Å². The molecule has 2 N–H and O–H groups in total. The number of aryl methyl sites for hydroxylation is 2. The van der Waals surface area contributed by atoms with Crippen LogP contribution in [0.4, 0.5) is 0 Å². The van der Waals surface area contributed by atoms with Gasteiger partial charge in [0.25, 0.3) is 0 Å². The van der Waals surface area contributed by atoms with Gasteiger partial charge < -0.3 is 19.9 Å². The van der Waals surface area contributed by atoms with Crippen molar-refractivity contribution >= 4 is 0 Å². The van der Waals surface area contributed by atoms with Crippen LogP contribution in [0, 0.1) is 0 Å². The summed E-state index contributed by atoms with van der Waals surface area (Å²) in [5, 5.41) is 13.4. The minimum atomic E-state index is -0.471. The number of aliphatic hydroxyl groups excluding tert-OH is 1. The van der Waals surface area contributed by atoms with Gasteiger partial charge in [-0.25, -0.2) is 0 Å². The minimum Gasteiger partial charge on any atom is -0.491 e. The quantitative estimate of drug-likeness (QED) is 0.837. The molecule has 1 atom stereocenters. The molecule has 3 rings (SSSR count). The molecule has 1 unspecified atom stereocenters. The monoisotopic (exact) mass is 291 g/mol. The lowest BCUT2D eigenvalue weighted by Gasteiger charge is -2.24. The van der Waals surface area contributed by atoms with Crippen LogP contribution in [0.15, 0.2) is 18.2 Å². The average Bonchev–Trinajstić information content (AvgIpc) is 2.99. The molecule has 2 aliphatic rings. The number of fused-ring (bicyclic) bond motifs is 1. The summed E-state index contributed by atoms with van der Waals surface area (Å²) in [6.45, 7) is 2.56. The van der Waals surface area contributed by atoms with E-state index in [4.69, 9.17) is 9.47 Å². The number of ether oxygens (including phenoxy) is 2. The van der Waals surface area contributed by atoms with Crippen molar-refractivity contribution < 1.29 is 14.6 Å². The summed E-state index contributed by atoms with van der Waals surface area (Å²) in [5.74, 6) is 0.876. The Bertz CT molecular complexity index is 457. The van der Waals surface area contributed by atoms with Crippen molar-refractivity contribution in [3.63, 3.8) is 0 Å². The summed E-state index contributed by atoms with van der Waals surface area (Å²) in [6, 6.07) is 6.77. The molecule has 1 aromatic carbocycles. The molecular weight excluding hydrogens is 266 g/mol. The third-order valence-electron chi connectivity index (χ3n) is 4.38. The third kappa shape index (κ3) is 4.19. The Kier molecular flexibility index (Phi) is 5.12. The van der Waals surface area contributed by atoms with E-state index in [0.717, 1.165) is 38.2 Å². The topological polar surface area (TPSA) is 50.7 Å². The molecule has 0 amide bonds. The van der Waals surface area contributed by atoms with E-state index in [0.29, 0.717) is 19.2 Å². The summed E-state index contributed by atoms with van der Waals surface area (Å²) in [6.07, 6.45) is 5.17. The molecule has 1 aromatic rings. The van der Waals surface area contributed by atoms with Gasteiger partial charge >= 0.3 is 0 Å². The van der Waals surface area contributed by atoms with Crippen molar-refractivity contribution in [2.45, 2.75) is 44.2 Å². The molecule has 116 valence electrons.